The Morgan fingerprint density at radius 2 is 1.64 bits per heavy atom. The van der Waals surface area contributed by atoms with Gasteiger partial charge in [0, 0.05) is 12.5 Å². The van der Waals surface area contributed by atoms with Gasteiger partial charge in [-0.05, 0) is 61.6 Å². The summed E-state index contributed by atoms with van der Waals surface area (Å²) in [5, 5.41) is 3.37. The predicted octanol–water partition coefficient (Wildman–Crippen LogP) is 5.72. The van der Waals surface area contributed by atoms with Crippen molar-refractivity contribution in [1.29, 1.82) is 0 Å². The highest BCUT2D eigenvalue weighted by Gasteiger charge is 2.17. The van der Waals surface area contributed by atoms with Gasteiger partial charge in [-0.3, -0.25) is 0 Å². The third kappa shape index (κ3) is 5.44. The maximum absolute atomic E-state index is 3.37. The molecule has 1 N–H and O–H groups in total. The normalized spacial score (nSPS) is 13.0. The molecule has 1 unspecified atom stereocenters. The molecule has 0 saturated carbocycles. The van der Waals surface area contributed by atoms with Crippen molar-refractivity contribution in [1.82, 2.24) is 5.32 Å². The fraction of sp³-hybridized carbons (Fsp3) is 0.333. The highest BCUT2D eigenvalue weighted by molar-refractivity contribution is 5.43. The zero-order chi connectivity index (χ0) is 18.1. The van der Waals surface area contributed by atoms with Crippen molar-refractivity contribution in [3.05, 3.63) is 94.6 Å². The molecule has 25 heavy (non-hydrogen) atoms. The van der Waals surface area contributed by atoms with Crippen LogP contribution >= 0.6 is 0 Å². The smallest absolute Gasteiger partial charge is 0.0219 e. The van der Waals surface area contributed by atoms with Crippen LogP contribution in [0, 0.1) is 13.8 Å². The minimum Gasteiger partial charge on any atom is -0.319 e. The summed E-state index contributed by atoms with van der Waals surface area (Å²) in [7, 11) is 2.03. The third-order valence-electron chi connectivity index (χ3n) is 4.65. The van der Waals surface area contributed by atoms with Gasteiger partial charge < -0.3 is 5.32 Å². The lowest BCUT2D eigenvalue weighted by atomic mass is 9.85. The Labute approximate surface area is 153 Å². The monoisotopic (exact) mass is 333 g/mol. The molecule has 0 aliphatic heterocycles. The average Bonchev–Trinajstić information content (AvgIpc) is 2.61. The largest absolute Gasteiger partial charge is 0.319 e. The van der Waals surface area contributed by atoms with E-state index in [0.29, 0.717) is 5.92 Å². The van der Waals surface area contributed by atoms with E-state index in [1.165, 1.54) is 27.8 Å². The lowest BCUT2D eigenvalue weighted by Gasteiger charge is -2.22. The SMILES string of the molecule is CC/C=C\C=C/Cc1ccc(C(CNC)c2ccccc2C)c(C)c1. The molecule has 0 fully saturated rings. The number of allylic oxidation sites excluding steroid dienone is 4. The van der Waals surface area contributed by atoms with Gasteiger partial charge in [0.25, 0.3) is 0 Å². The first-order chi connectivity index (χ1) is 12.2. The quantitative estimate of drug-likeness (QED) is 0.609. The standard InChI is InChI=1S/C24H31N/c1-5-6-7-8-9-13-21-15-16-23(20(3)17-21)24(18-25-4)22-14-11-10-12-19(22)2/h6-12,14-17,24-25H,5,13,18H2,1-4H3/b7-6-,9-8-. The van der Waals surface area contributed by atoms with Crippen molar-refractivity contribution in [2.45, 2.75) is 39.5 Å². The zero-order valence-corrected chi connectivity index (χ0v) is 16.0. The van der Waals surface area contributed by atoms with Crippen LogP contribution in [0.5, 0.6) is 0 Å². The highest BCUT2D eigenvalue weighted by Crippen LogP contribution is 2.29. The Kier molecular flexibility index (Phi) is 7.69. The van der Waals surface area contributed by atoms with Crippen LogP contribution in [0.2, 0.25) is 0 Å². The van der Waals surface area contributed by atoms with Gasteiger partial charge in [0.1, 0.15) is 0 Å². The van der Waals surface area contributed by atoms with Crippen LogP contribution in [0.4, 0.5) is 0 Å². The van der Waals surface area contributed by atoms with E-state index in [4.69, 9.17) is 0 Å². The van der Waals surface area contributed by atoms with Crippen LogP contribution < -0.4 is 5.32 Å². The summed E-state index contributed by atoms with van der Waals surface area (Å²) in [6.45, 7) is 7.55. The molecule has 0 saturated heterocycles. The molecular formula is C24H31N. The molecule has 2 aromatic carbocycles. The maximum atomic E-state index is 3.37. The molecule has 1 heteroatoms. The summed E-state index contributed by atoms with van der Waals surface area (Å²) in [6, 6.07) is 15.6. The van der Waals surface area contributed by atoms with Gasteiger partial charge in [0.15, 0.2) is 0 Å². The summed E-state index contributed by atoms with van der Waals surface area (Å²) in [6.07, 6.45) is 10.7. The van der Waals surface area contributed by atoms with Gasteiger partial charge in [-0.1, -0.05) is 73.7 Å². The second-order valence-electron chi connectivity index (χ2n) is 6.63. The number of hydrogen-bond acceptors (Lipinski definition) is 1. The van der Waals surface area contributed by atoms with Crippen molar-refractivity contribution < 1.29 is 0 Å². The van der Waals surface area contributed by atoms with E-state index in [9.17, 15) is 0 Å². The molecule has 1 atom stereocenters. The second kappa shape index (κ2) is 10.0. The third-order valence-corrected chi connectivity index (χ3v) is 4.65. The van der Waals surface area contributed by atoms with E-state index < -0.39 is 0 Å². The molecule has 0 radical (unpaired) electrons. The second-order valence-corrected chi connectivity index (χ2v) is 6.63. The summed E-state index contributed by atoms with van der Waals surface area (Å²) in [5.74, 6) is 0.392. The molecule has 0 amide bonds. The Balaban J connectivity index is 2.23. The number of rotatable bonds is 8. The van der Waals surface area contributed by atoms with Gasteiger partial charge in [-0.15, -0.1) is 0 Å². The van der Waals surface area contributed by atoms with E-state index in [1.807, 2.05) is 7.05 Å². The fourth-order valence-electron chi connectivity index (χ4n) is 3.32. The van der Waals surface area contributed by atoms with Crippen molar-refractivity contribution in [3.63, 3.8) is 0 Å². The summed E-state index contributed by atoms with van der Waals surface area (Å²) in [4.78, 5) is 0. The molecule has 1 nitrogen and oxygen atoms in total. The van der Waals surface area contributed by atoms with Crippen LogP contribution in [0.3, 0.4) is 0 Å². The Morgan fingerprint density at radius 3 is 2.32 bits per heavy atom. The molecular weight excluding hydrogens is 302 g/mol. The summed E-state index contributed by atoms with van der Waals surface area (Å²) >= 11 is 0. The maximum Gasteiger partial charge on any atom is 0.0219 e. The number of aryl methyl sites for hydroxylation is 2. The summed E-state index contributed by atoms with van der Waals surface area (Å²) in [5.41, 5.74) is 6.94. The van der Waals surface area contributed by atoms with Crippen LogP contribution in [0.1, 0.15) is 47.1 Å². The minimum atomic E-state index is 0.392. The Bertz CT molecular complexity index is 725. The van der Waals surface area contributed by atoms with Gasteiger partial charge in [-0.2, -0.15) is 0 Å². The molecule has 0 heterocycles. The van der Waals surface area contributed by atoms with Crippen LogP contribution in [0.25, 0.3) is 0 Å². The van der Waals surface area contributed by atoms with Crippen LogP contribution in [-0.4, -0.2) is 13.6 Å². The minimum absolute atomic E-state index is 0.392. The number of hydrogen-bond donors (Lipinski definition) is 1. The first-order valence-electron chi connectivity index (χ1n) is 9.28. The number of nitrogens with one attached hydrogen (secondary N) is 1. The highest BCUT2D eigenvalue weighted by atomic mass is 14.8. The Hall–Kier alpha value is -2.12. The molecule has 0 aliphatic rings. The van der Waals surface area contributed by atoms with Gasteiger partial charge in [0.2, 0.25) is 0 Å². The Morgan fingerprint density at radius 1 is 0.920 bits per heavy atom. The van der Waals surface area contributed by atoms with E-state index in [1.54, 1.807) is 0 Å². The van der Waals surface area contributed by atoms with Gasteiger partial charge >= 0.3 is 0 Å². The van der Waals surface area contributed by atoms with E-state index >= 15 is 0 Å². The summed E-state index contributed by atoms with van der Waals surface area (Å²) < 4.78 is 0. The molecule has 0 bridgehead atoms. The van der Waals surface area contributed by atoms with Crippen molar-refractivity contribution in [2.75, 3.05) is 13.6 Å². The van der Waals surface area contributed by atoms with Crippen molar-refractivity contribution in [2.24, 2.45) is 0 Å². The van der Waals surface area contributed by atoms with Gasteiger partial charge in [-0.25, -0.2) is 0 Å². The zero-order valence-electron chi connectivity index (χ0n) is 16.0. The molecule has 0 spiro atoms. The van der Waals surface area contributed by atoms with Crippen molar-refractivity contribution in [3.8, 4) is 0 Å². The topological polar surface area (TPSA) is 12.0 Å². The molecule has 0 aromatic heterocycles. The van der Waals surface area contributed by atoms with Gasteiger partial charge in [0.05, 0.1) is 0 Å². The molecule has 0 aliphatic carbocycles. The predicted molar refractivity (Wildman–Crippen MR) is 110 cm³/mol. The first kappa shape index (κ1) is 19.2. The van der Waals surface area contributed by atoms with E-state index in [2.05, 4.69) is 92.9 Å². The average molecular weight is 334 g/mol. The number of likely N-dealkylation sites (N-methyl/N-ethyl adjacent to an activating group) is 1. The van der Waals surface area contributed by atoms with Crippen LogP contribution in [-0.2, 0) is 6.42 Å². The van der Waals surface area contributed by atoms with Crippen molar-refractivity contribution >= 4 is 0 Å². The fourth-order valence-corrected chi connectivity index (χ4v) is 3.32. The molecule has 2 rings (SSSR count). The van der Waals surface area contributed by atoms with E-state index in [0.717, 1.165) is 19.4 Å². The number of benzene rings is 2. The lowest BCUT2D eigenvalue weighted by Crippen LogP contribution is -2.20. The molecule has 2 aromatic rings. The molecule has 132 valence electrons. The first-order valence-corrected chi connectivity index (χ1v) is 9.28. The van der Waals surface area contributed by atoms with E-state index in [-0.39, 0.29) is 0 Å². The lowest BCUT2D eigenvalue weighted by molar-refractivity contribution is 0.701. The van der Waals surface area contributed by atoms with Crippen LogP contribution in [0.15, 0.2) is 66.8 Å².